The molecule has 1 spiro atoms. The topological polar surface area (TPSA) is 70.0 Å². The van der Waals surface area contributed by atoms with E-state index in [4.69, 9.17) is 4.99 Å². The molecule has 1 aliphatic heterocycles. The van der Waals surface area contributed by atoms with Crippen molar-refractivity contribution in [3.05, 3.63) is 71.8 Å². The average molecular weight is 388 g/mol. The van der Waals surface area contributed by atoms with E-state index >= 15 is 0 Å². The van der Waals surface area contributed by atoms with Gasteiger partial charge < -0.3 is 5.11 Å². The van der Waals surface area contributed by atoms with Gasteiger partial charge in [0.2, 0.25) is 0 Å². The van der Waals surface area contributed by atoms with Crippen molar-refractivity contribution < 1.29 is 14.7 Å². The van der Waals surface area contributed by atoms with Crippen molar-refractivity contribution in [2.24, 2.45) is 4.99 Å². The molecule has 0 bridgehead atoms. The number of rotatable bonds is 5. The number of aliphatic imine (C=N–C) groups is 1. The Bertz CT molecular complexity index is 999. The number of benzene rings is 2. The fourth-order valence-electron chi connectivity index (χ4n) is 4.29. The van der Waals surface area contributed by atoms with E-state index in [0.29, 0.717) is 12.1 Å². The molecule has 0 radical (unpaired) electrons. The van der Waals surface area contributed by atoms with Crippen molar-refractivity contribution in [2.45, 2.75) is 44.7 Å². The second kappa shape index (κ2) is 7.66. The first-order chi connectivity index (χ1) is 14.0. The predicted octanol–water partition coefficient (Wildman–Crippen LogP) is 4.68. The fourth-order valence-corrected chi connectivity index (χ4v) is 4.29. The van der Waals surface area contributed by atoms with Gasteiger partial charge in [0.1, 0.15) is 11.4 Å². The van der Waals surface area contributed by atoms with Crippen LogP contribution in [-0.2, 0) is 11.3 Å². The number of aromatic carboxylic acids is 1. The number of amidine groups is 1. The summed E-state index contributed by atoms with van der Waals surface area (Å²) in [7, 11) is 0. The van der Waals surface area contributed by atoms with Crippen LogP contribution in [0, 0.1) is 0 Å². The molecule has 0 atom stereocenters. The first-order valence-corrected chi connectivity index (χ1v) is 10.0. The van der Waals surface area contributed by atoms with Gasteiger partial charge in [-0.05, 0) is 48.6 Å². The quantitative estimate of drug-likeness (QED) is 0.808. The molecule has 1 heterocycles. The normalized spacial score (nSPS) is 18.0. The lowest BCUT2D eigenvalue weighted by atomic mass is 9.97. The van der Waals surface area contributed by atoms with Gasteiger partial charge in [-0.3, -0.25) is 14.7 Å². The molecular weight excluding hydrogens is 364 g/mol. The van der Waals surface area contributed by atoms with Crippen LogP contribution in [0.3, 0.4) is 0 Å². The Balaban J connectivity index is 1.58. The van der Waals surface area contributed by atoms with Gasteiger partial charge in [-0.2, -0.15) is 0 Å². The first kappa shape index (κ1) is 19.1. The highest BCUT2D eigenvalue weighted by atomic mass is 16.4. The molecule has 2 aromatic carbocycles. The molecule has 1 amide bonds. The standard InChI is InChI=1S/C24H24N2O3/c1-2-7-21-25-24(14-5-6-15-24)23(29)26(21)16-17-10-12-18(13-11-17)19-8-3-4-9-20(19)22(27)28/h2-4,7-13H,5-6,14-16H2,1H3,(H,27,28). The van der Waals surface area contributed by atoms with Crippen LogP contribution in [0.5, 0.6) is 0 Å². The van der Waals surface area contributed by atoms with E-state index in [-0.39, 0.29) is 11.5 Å². The lowest BCUT2D eigenvalue weighted by Gasteiger charge is -2.22. The minimum Gasteiger partial charge on any atom is -0.478 e. The Labute approximate surface area is 170 Å². The molecule has 4 rings (SSSR count). The molecule has 0 aromatic heterocycles. The average Bonchev–Trinajstić information content (AvgIpc) is 3.30. The van der Waals surface area contributed by atoms with Gasteiger partial charge in [-0.25, -0.2) is 4.79 Å². The van der Waals surface area contributed by atoms with E-state index in [1.54, 1.807) is 17.0 Å². The molecule has 5 heteroatoms. The molecule has 0 saturated heterocycles. The predicted molar refractivity (Wildman–Crippen MR) is 113 cm³/mol. The number of nitrogens with zero attached hydrogens (tertiary/aromatic N) is 2. The molecule has 1 fully saturated rings. The van der Waals surface area contributed by atoms with Crippen molar-refractivity contribution in [1.82, 2.24) is 4.90 Å². The number of hydrogen-bond donors (Lipinski definition) is 1. The van der Waals surface area contributed by atoms with Crippen LogP contribution in [0.15, 0.2) is 65.7 Å². The summed E-state index contributed by atoms with van der Waals surface area (Å²) < 4.78 is 0. The molecule has 29 heavy (non-hydrogen) atoms. The highest BCUT2D eigenvalue weighted by Crippen LogP contribution is 2.39. The van der Waals surface area contributed by atoms with E-state index in [9.17, 15) is 14.7 Å². The Morgan fingerprint density at radius 2 is 1.83 bits per heavy atom. The van der Waals surface area contributed by atoms with E-state index < -0.39 is 11.5 Å². The zero-order chi connectivity index (χ0) is 20.4. The molecule has 148 valence electrons. The van der Waals surface area contributed by atoms with Gasteiger partial charge in [-0.15, -0.1) is 0 Å². The molecule has 1 N–H and O–H groups in total. The van der Waals surface area contributed by atoms with Gasteiger partial charge in [0.25, 0.3) is 5.91 Å². The zero-order valence-corrected chi connectivity index (χ0v) is 16.5. The van der Waals surface area contributed by atoms with Crippen LogP contribution in [0.4, 0.5) is 0 Å². The molecule has 1 saturated carbocycles. The third kappa shape index (κ3) is 3.48. The van der Waals surface area contributed by atoms with Gasteiger partial charge in [0.15, 0.2) is 0 Å². The lowest BCUT2D eigenvalue weighted by molar-refractivity contribution is -0.131. The van der Waals surface area contributed by atoms with Crippen LogP contribution in [-0.4, -0.2) is 33.3 Å². The monoisotopic (exact) mass is 388 g/mol. The van der Waals surface area contributed by atoms with E-state index in [1.165, 1.54) is 0 Å². The highest BCUT2D eigenvalue weighted by molar-refractivity contribution is 6.12. The smallest absolute Gasteiger partial charge is 0.336 e. The van der Waals surface area contributed by atoms with Crippen LogP contribution >= 0.6 is 0 Å². The Hall–Kier alpha value is -3.21. The molecule has 2 aliphatic rings. The maximum Gasteiger partial charge on any atom is 0.336 e. The first-order valence-electron chi connectivity index (χ1n) is 10.0. The van der Waals surface area contributed by atoms with Gasteiger partial charge in [0, 0.05) is 0 Å². The molecular formula is C24H24N2O3. The number of allylic oxidation sites excluding steroid dienone is 1. The number of carbonyl (C=O) groups excluding carboxylic acids is 1. The minimum atomic E-state index is -0.943. The number of amides is 1. The van der Waals surface area contributed by atoms with Crippen LogP contribution in [0.2, 0.25) is 0 Å². The summed E-state index contributed by atoms with van der Waals surface area (Å²) in [5.41, 5.74) is 2.23. The van der Waals surface area contributed by atoms with Crippen molar-refractivity contribution in [2.75, 3.05) is 0 Å². The summed E-state index contributed by atoms with van der Waals surface area (Å²) >= 11 is 0. The number of carbonyl (C=O) groups is 2. The summed E-state index contributed by atoms with van der Waals surface area (Å²) in [5.74, 6) is -0.107. The minimum absolute atomic E-state index is 0.100. The summed E-state index contributed by atoms with van der Waals surface area (Å²) in [6.07, 6.45) is 7.57. The Morgan fingerprint density at radius 1 is 1.14 bits per heavy atom. The second-order valence-electron chi connectivity index (χ2n) is 7.65. The number of hydrogen-bond acceptors (Lipinski definition) is 3. The van der Waals surface area contributed by atoms with Crippen LogP contribution < -0.4 is 0 Å². The third-order valence-electron chi connectivity index (χ3n) is 5.76. The summed E-state index contributed by atoms with van der Waals surface area (Å²) in [4.78, 5) is 31.2. The second-order valence-corrected chi connectivity index (χ2v) is 7.65. The Morgan fingerprint density at radius 3 is 2.48 bits per heavy atom. The number of carboxylic acid groups (broad SMARTS) is 1. The van der Waals surface area contributed by atoms with Crippen LogP contribution in [0.1, 0.15) is 48.5 Å². The lowest BCUT2D eigenvalue weighted by Crippen LogP contribution is -2.40. The number of carboxylic acids is 1. The molecule has 5 nitrogen and oxygen atoms in total. The largest absolute Gasteiger partial charge is 0.478 e. The maximum absolute atomic E-state index is 13.1. The molecule has 1 aliphatic carbocycles. The molecule has 0 unspecified atom stereocenters. The fraction of sp³-hybridized carbons (Fsp3) is 0.292. The SMILES string of the molecule is CC=CC1=NC2(CCCC2)C(=O)N1Cc1ccc(-c2ccccc2C(=O)O)cc1. The highest BCUT2D eigenvalue weighted by Gasteiger charge is 2.48. The van der Waals surface area contributed by atoms with Crippen molar-refractivity contribution in [1.29, 1.82) is 0 Å². The van der Waals surface area contributed by atoms with Crippen LogP contribution in [0.25, 0.3) is 11.1 Å². The zero-order valence-electron chi connectivity index (χ0n) is 16.5. The summed E-state index contributed by atoms with van der Waals surface area (Å²) in [5, 5.41) is 9.42. The third-order valence-corrected chi connectivity index (χ3v) is 5.76. The maximum atomic E-state index is 13.1. The summed E-state index contributed by atoms with van der Waals surface area (Å²) in [6, 6.07) is 14.7. The van der Waals surface area contributed by atoms with Gasteiger partial charge >= 0.3 is 5.97 Å². The van der Waals surface area contributed by atoms with Gasteiger partial charge in [-0.1, -0.05) is 61.4 Å². The van der Waals surface area contributed by atoms with Gasteiger partial charge in [0.05, 0.1) is 12.1 Å². The van der Waals surface area contributed by atoms with Crippen molar-refractivity contribution in [3.63, 3.8) is 0 Å². The van der Waals surface area contributed by atoms with E-state index in [1.807, 2.05) is 55.5 Å². The van der Waals surface area contributed by atoms with E-state index in [2.05, 4.69) is 0 Å². The van der Waals surface area contributed by atoms with E-state index in [0.717, 1.165) is 42.6 Å². The molecule has 2 aromatic rings. The Kier molecular flexibility index (Phi) is 5.05. The van der Waals surface area contributed by atoms with Crippen molar-refractivity contribution >= 4 is 17.7 Å². The van der Waals surface area contributed by atoms with Crippen molar-refractivity contribution in [3.8, 4) is 11.1 Å². The summed E-state index contributed by atoms with van der Waals surface area (Å²) in [6.45, 7) is 2.39.